The second-order valence-corrected chi connectivity index (χ2v) is 9.34. The fourth-order valence-corrected chi connectivity index (χ4v) is 4.04. The number of aliphatic hydroxyl groups is 1. The van der Waals surface area contributed by atoms with Gasteiger partial charge in [-0.3, -0.25) is 4.79 Å². The van der Waals surface area contributed by atoms with E-state index in [1.807, 2.05) is 13.8 Å². The van der Waals surface area contributed by atoms with E-state index in [1.54, 1.807) is 30.4 Å². The van der Waals surface area contributed by atoms with E-state index in [4.69, 9.17) is 20.2 Å². The molecule has 1 aliphatic heterocycles. The number of aromatic nitrogens is 4. The molecule has 1 aliphatic carbocycles. The molecule has 0 unspecified atom stereocenters. The number of nitrogens with zero attached hydrogens (tertiary/aromatic N) is 6. The Balaban J connectivity index is 1.50. The number of amides is 1. The van der Waals surface area contributed by atoms with Gasteiger partial charge in [0.25, 0.3) is 5.91 Å². The zero-order chi connectivity index (χ0) is 24.4. The molecule has 0 aromatic carbocycles. The quantitative estimate of drug-likeness (QED) is 0.604. The van der Waals surface area contributed by atoms with Gasteiger partial charge in [0.05, 0.1) is 24.9 Å². The van der Waals surface area contributed by atoms with E-state index in [9.17, 15) is 9.90 Å². The van der Waals surface area contributed by atoms with Gasteiger partial charge in [-0.15, -0.1) is 0 Å². The molecule has 2 atom stereocenters. The zero-order valence-corrected chi connectivity index (χ0v) is 20.1. The summed E-state index contributed by atoms with van der Waals surface area (Å²) >= 11 is 0. The first-order valence-electron chi connectivity index (χ1n) is 11.7. The van der Waals surface area contributed by atoms with Gasteiger partial charge < -0.3 is 30.1 Å². The van der Waals surface area contributed by atoms with E-state index in [0.717, 1.165) is 0 Å². The van der Waals surface area contributed by atoms with Crippen molar-refractivity contribution >= 4 is 17.8 Å². The largest absolute Gasteiger partial charge is 0.474 e. The summed E-state index contributed by atoms with van der Waals surface area (Å²) in [5, 5.41) is 10.1. The SMILES string of the molecule is CC(C)[C@H](O)C(=O)N(C)[C@H]1C[C@H](Oc2cc(-c3cnc(N)nc3)nc(N3CCOC[C@@H]3C)n2)C1. The molecule has 2 aromatic rings. The number of nitrogen functional groups attached to an aromatic ring is 1. The highest BCUT2D eigenvalue weighted by molar-refractivity contribution is 5.81. The van der Waals surface area contributed by atoms with Gasteiger partial charge in [-0.1, -0.05) is 13.8 Å². The van der Waals surface area contributed by atoms with Crippen LogP contribution >= 0.6 is 0 Å². The molecule has 4 rings (SSSR count). The van der Waals surface area contributed by atoms with Crippen molar-refractivity contribution in [3.8, 4) is 17.1 Å². The van der Waals surface area contributed by atoms with Crippen molar-refractivity contribution in [2.75, 3.05) is 37.4 Å². The molecule has 0 bridgehead atoms. The van der Waals surface area contributed by atoms with Crippen LogP contribution in [0.4, 0.5) is 11.9 Å². The number of hydrogen-bond acceptors (Lipinski definition) is 10. The van der Waals surface area contributed by atoms with Gasteiger partial charge in [0.2, 0.25) is 17.8 Å². The van der Waals surface area contributed by atoms with E-state index in [1.165, 1.54) is 0 Å². The number of hydrogen-bond donors (Lipinski definition) is 2. The number of carbonyl (C=O) groups excluding carboxylic acids is 1. The Morgan fingerprint density at radius 1 is 1.29 bits per heavy atom. The van der Waals surface area contributed by atoms with Crippen LogP contribution in [0, 0.1) is 5.92 Å². The molecule has 2 aliphatic rings. The van der Waals surface area contributed by atoms with Crippen LogP contribution in [-0.2, 0) is 9.53 Å². The van der Waals surface area contributed by atoms with Gasteiger partial charge >= 0.3 is 0 Å². The molecular formula is C23H33N7O4. The fourth-order valence-electron chi connectivity index (χ4n) is 4.04. The number of aliphatic hydroxyl groups excluding tert-OH is 1. The molecule has 11 nitrogen and oxygen atoms in total. The monoisotopic (exact) mass is 471 g/mol. The first-order valence-corrected chi connectivity index (χ1v) is 11.7. The van der Waals surface area contributed by atoms with Crippen molar-refractivity contribution in [2.24, 2.45) is 5.92 Å². The van der Waals surface area contributed by atoms with Crippen molar-refractivity contribution in [1.82, 2.24) is 24.8 Å². The lowest BCUT2D eigenvalue weighted by atomic mass is 9.87. The van der Waals surface area contributed by atoms with E-state index >= 15 is 0 Å². The topological polar surface area (TPSA) is 140 Å². The predicted octanol–water partition coefficient (Wildman–Crippen LogP) is 1.13. The van der Waals surface area contributed by atoms with Crippen molar-refractivity contribution in [3.63, 3.8) is 0 Å². The van der Waals surface area contributed by atoms with Gasteiger partial charge in [-0.05, 0) is 12.8 Å². The first kappa shape index (κ1) is 24.1. The van der Waals surface area contributed by atoms with Gasteiger partial charge in [0.1, 0.15) is 12.2 Å². The maximum Gasteiger partial charge on any atom is 0.251 e. The summed E-state index contributed by atoms with van der Waals surface area (Å²) in [6.45, 7) is 7.60. The number of nitrogens with two attached hydrogens (primary N) is 1. The molecule has 1 amide bonds. The van der Waals surface area contributed by atoms with Gasteiger partial charge in [-0.2, -0.15) is 4.98 Å². The second-order valence-electron chi connectivity index (χ2n) is 9.34. The van der Waals surface area contributed by atoms with Crippen LogP contribution in [0.3, 0.4) is 0 Å². The lowest BCUT2D eigenvalue weighted by molar-refractivity contribution is -0.146. The summed E-state index contributed by atoms with van der Waals surface area (Å²) in [4.78, 5) is 33.7. The number of anilines is 2. The summed E-state index contributed by atoms with van der Waals surface area (Å²) in [6, 6.07) is 1.92. The third-order valence-corrected chi connectivity index (χ3v) is 6.42. The van der Waals surface area contributed by atoms with E-state index < -0.39 is 6.10 Å². The van der Waals surface area contributed by atoms with Crippen molar-refractivity contribution in [1.29, 1.82) is 0 Å². The molecule has 0 radical (unpaired) electrons. The Hall–Kier alpha value is -3.05. The maximum absolute atomic E-state index is 12.4. The molecule has 34 heavy (non-hydrogen) atoms. The molecule has 184 valence electrons. The molecule has 2 fully saturated rings. The number of morpholine rings is 1. The summed E-state index contributed by atoms with van der Waals surface area (Å²) in [7, 11) is 1.73. The normalized spacial score (nSPS) is 23.4. The zero-order valence-electron chi connectivity index (χ0n) is 20.1. The molecule has 1 saturated carbocycles. The van der Waals surface area contributed by atoms with Crippen LogP contribution in [0.1, 0.15) is 33.6 Å². The number of ether oxygens (including phenoxy) is 2. The van der Waals surface area contributed by atoms with E-state index in [-0.39, 0.29) is 36.0 Å². The number of rotatable bonds is 7. The smallest absolute Gasteiger partial charge is 0.251 e. The third kappa shape index (κ3) is 5.20. The Kier molecular flexibility index (Phi) is 7.13. The minimum absolute atomic E-state index is 0.0245. The summed E-state index contributed by atoms with van der Waals surface area (Å²) in [5.74, 6) is 0.825. The van der Waals surface area contributed by atoms with Crippen LogP contribution in [0.2, 0.25) is 0 Å². The lowest BCUT2D eigenvalue weighted by Gasteiger charge is -2.41. The Labute approximate surface area is 199 Å². The second kappa shape index (κ2) is 10.1. The first-order chi connectivity index (χ1) is 16.2. The molecular weight excluding hydrogens is 438 g/mol. The molecule has 2 aromatic heterocycles. The summed E-state index contributed by atoms with van der Waals surface area (Å²) in [5.41, 5.74) is 6.99. The van der Waals surface area contributed by atoms with Crippen molar-refractivity contribution in [3.05, 3.63) is 18.5 Å². The highest BCUT2D eigenvalue weighted by Crippen LogP contribution is 2.32. The Morgan fingerprint density at radius 2 is 2.00 bits per heavy atom. The molecule has 3 N–H and O–H groups in total. The van der Waals surface area contributed by atoms with Crippen molar-refractivity contribution in [2.45, 2.75) is 57.9 Å². The van der Waals surface area contributed by atoms with Crippen LogP contribution in [-0.4, -0.2) is 86.9 Å². The third-order valence-electron chi connectivity index (χ3n) is 6.42. The van der Waals surface area contributed by atoms with Crippen LogP contribution in [0.5, 0.6) is 5.88 Å². The lowest BCUT2D eigenvalue weighted by Crippen LogP contribution is -2.53. The number of likely N-dealkylation sites (N-methyl/N-ethyl adjacent to an activating group) is 1. The minimum atomic E-state index is -0.991. The molecule has 1 saturated heterocycles. The Bertz CT molecular complexity index is 997. The highest BCUT2D eigenvalue weighted by Gasteiger charge is 2.38. The Morgan fingerprint density at radius 3 is 2.65 bits per heavy atom. The number of carbonyl (C=O) groups is 1. The minimum Gasteiger partial charge on any atom is -0.474 e. The molecule has 0 spiro atoms. The summed E-state index contributed by atoms with van der Waals surface area (Å²) < 4.78 is 11.8. The molecule has 11 heteroatoms. The van der Waals surface area contributed by atoms with Crippen LogP contribution in [0.25, 0.3) is 11.3 Å². The standard InChI is InChI=1S/C23H33N7O4/c1-13(2)20(31)21(32)29(4)16-7-17(8-16)34-19-9-18(15-10-25-22(24)26-11-15)27-23(28-19)30-5-6-33-12-14(30)3/h9-11,13-14,16-17,20,31H,5-8,12H2,1-4H3,(H2,24,25,26)/t14-,16-,17-,20-/m0/s1. The van der Waals surface area contributed by atoms with Gasteiger partial charge in [0.15, 0.2) is 0 Å². The maximum atomic E-state index is 12.4. The predicted molar refractivity (Wildman–Crippen MR) is 126 cm³/mol. The van der Waals surface area contributed by atoms with Gasteiger partial charge in [0, 0.05) is 56.5 Å². The van der Waals surface area contributed by atoms with E-state index in [2.05, 4.69) is 26.8 Å². The van der Waals surface area contributed by atoms with Crippen LogP contribution in [0.15, 0.2) is 18.5 Å². The average molecular weight is 472 g/mol. The van der Waals surface area contributed by atoms with Gasteiger partial charge in [-0.25, -0.2) is 15.0 Å². The summed E-state index contributed by atoms with van der Waals surface area (Å²) in [6.07, 6.45) is 3.51. The van der Waals surface area contributed by atoms with Crippen LogP contribution < -0.4 is 15.4 Å². The fraction of sp³-hybridized carbons (Fsp3) is 0.609. The van der Waals surface area contributed by atoms with E-state index in [0.29, 0.717) is 55.7 Å². The molecule has 3 heterocycles. The highest BCUT2D eigenvalue weighted by atomic mass is 16.5. The van der Waals surface area contributed by atoms with Crippen molar-refractivity contribution < 1.29 is 19.4 Å². The average Bonchev–Trinajstić information content (AvgIpc) is 2.80.